The molecule has 0 aliphatic rings. The van der Waals surface area contributed by atoms with Gasteiger partial charge in [-0.1, -0.05) is 13.8 Å². The second-order valence-electron chi connectivity index (χ2n) is 4.58. The summed E-state index contributed by atoms with van der Waals surface area (Å²) >= 11 is 2.86. The number of carbonyl (C=O) groups excluding carboxylic acids is 1. The van der Waals surface area contributed by atoms with Crippen LogP contribution < -0.4 is 15.8 Å². The van der Waals surface area contributed by atoms with Crippen LogP contribution in [0.2, 0.25) is 0 Å². The molecule has 0 aliphatic carbocycles. The van der Waals surface area contributed by atoms with Crippen molar-refractivity contribution in [2.45, 2.75) is 25.9 Å². The Balaban J connectivity index is 2.93. The zero-order chi connectivity index (χ0) is 16.2. The van der Waals surface area contributed by atoms with E-state index in [9.17, 15) is 19.3 Å². The molecular weight excluding hydrogens is 349 g/mol. The van der Waals surface area contributed by atoms with Gasteiger partial charge in [-0.15, -0.1) is 0 Å². The van der Waals surface area contributed by atoms with Gasteiger partial charge in [-0.25, -0.2) is 4.39 Å². The number of amides is 1. The molecule has 0 heterocycles. The second kappa shape index (κ2) is 7.32. The van der Waals surface area contributed by atoms with E-state index < -0.39 is 28.4 Å². The summed E-state index contributed by atoms with van der Waals surface area (Å²) in [6.07, 6.45) is 0. The van der Waals surface area contributed by atoms with Gasteiger partial charge < -0.3 is 15.8 Å². The van der Waals surface area contributed by atoms with Crippen LogP contribution in [0.3, 0.4) is 0 Å². The summed E-state index contributed by atoms with van der Waals surface area (Å²) in [5.74, 6) is -1.63. The topological polar surface area (TPSA) is 107 Å². The summed E-state index contributed by atoms with van der Waals surface area (Å²) < 4.78 is 18.6. The maximum Gasteiger partial charge on any atom is 0.312 e. The molecule has 0 radical (unpaired) electrons. The molecule has 0 fully saturated rings. The monoisotopic (exact) mass is 363 g/mol. The normalized spacial score (nSPS) is 12.2. The number of nitro benzene ring substituents is 1. The Morgan fingerprint density at radius 2 is 2.19 bits per heavy atom. The lowest BCUT2D eigenvalue weighted by atomic mass is 10.2. The van der Waals surface area contributed by atoms with Crippen molar-refractivity contribution in [1.29, 1.82) is 0 Å². The van der Waals surface area contributed by atoms with Gasteiger partial charge in [-0.2, -0.15) is 0 Å². The van der Waals surface area contributed by atoms with Crippen molar-refractivity contribution in [3.05, 3.63) is 32.5 Å². The van der Waals surface area contributed by atoms with Crippen molar-refractivity contribution in [2.24, 2.45) is 5.73 Å². The third kappa shape index (κ3) is 4.94. The maximum atomic E-state index is 13.5. The summed E-state index contributed by atoms with van der Waals surface area (Å²) in [5, 5.41) is 13.8. The molecule has 1 atom stereocenters. The van der Waals surface area contributed by atoms with E-state index in [2.05, 4.69) is 21.2 Å². The Morgan fingerprint density at radius 1 is 1.57 bits per heavy atom. The van der Waals surface area contributed by atoms with Gasteiger partial charge in [0, 0.05) is 18.2 Å². The molecule has 0 saturated heterocycles. The number of hydrogen-bond donors (Lipinski definition) is 2. The van der Waals surface area contributed by atoms with Crippen molar-refractivity contribution in [2.75, 3.05) is 6.61 Å². The minimum atomic E-state index is -0.837. The molecule has 0 bridgehead atoms. The molecule has 9 heteroatoms. The fraction of sp³-hybridized carbons (Fsp3) is 0.417. The number of rotatable bonds is 7. The predicted molar refractivity (Wildman–Crippen MR) is 77.5 cm³/mol. The SMILES string of the molecule is CC(C)NC(COc1cc(F)c(Br)cc1[N+](=O)[O-])C(N)=O. The zero-order valence-electron chi connectivity index (χ0n) is 11.4. The molecule has 0 aliphatic heterocycles. The van der Waals surface area contributed by atoms with Gasteiger partial charge in [0.05, 0.1) is 9.40 Å². The average Bonchev–Trinajstić information content (AvgIpc) is 2.36. The minimum Gasteiger partial charge on any atom is -0.485 e. The second-order valence-corrected chi connectivity index (χ2v) is 5.43. The average molecular weight is 364 g/mol. The van der Waals surface area contributed by atoms with Crippen molar-refractivity contribution >= 4 is 27.5 Å². The molecule has 1 rings (SSSR count). The molecule has 21 heavy (non-hydrogen) atoms. The van der Waals surface area contributed by atoms with Crippen LogP contribution >= 0.6 is 15.9 Å². The van der Waals surface area contributed by atoms with Crippen molar-refractivity contribution in [3.63, 3.8) is 0 Å². The highest BCUT2D eigenvalue weighted by atomic mass is 79.9. The lowest BCUT2D eigenvalue weighted by molar-refractivity contribution is -0.386. The molecule has 1 aromatic carbocycles. The van der Waals surface area contributed by atoms with Gasteiger partial charge in [-0.3, -0.25) is 14.9 Å². The molecule has 0 spiro atoms. The first-order valence-corrected chi connectivity index (χ1v) is 6.83. The number of ether oxygens (including phenoxy) is 1. The number of primary amides is 1. The summed E-state index contributed by atoms with van der Waals surface area (Å²) in [5.41, 5.74) is 4.80. The highest BCUT2D eigenvalue weighted by molar-refractivity contribution is 9.10. The van der Waals surface area contributed by atoms with Crippen LogP contribution in [-0.4, -0.2) is 29.5 Å². The Morgan fingerprint density at radius 3 is 2.67 bits per heavy atom. The lowest BCUT2D eigenvalue weighted by Gasteiger charge is -2.18. The molecule has 0 aromatic heterocycles. The third-order valence-electron chi connectivity index (χ3n) is 2.48. The van der Waals surface area contributed by atoms with Crippen LogP contribution in [0.15, 0.2) is 16.6 Å². The van der Waals surface area contributed by atoms with E-state index in [1.165, 1.54) is 0 Å². The molecule has 3 N–H and O–H groups in total. The number of benzene rings is 1. The summed E-state index contributed by atoms with van der Waals surface area (Å²) in [6, 6.07) is 1.01. The van der Waals surface area contributed by atoms with Gasteiger partial charge in [-0.05, 0) is 15.9 Å². The zero-order valence-corrected chi connectivity index (χ0v) is 13.0. The van der Waals surface area contributed by atoms with Crippen LogP contribution in [0, 0.1) is 15.9 Å². The van der Waals surface area contributed by atoms with E-state index in [1.54, 1.807) is 13.8 Å². The van der Waals surface area contributed by atoms with Gasteiger partial charge in [0.15, 0.2) is 5.75 Å². The van der Waals surface area contributed by atoms with Gasteiger partial charge in [0.25, 0.3) is 0 Å². The van der Waals surface area contributed by atoms with Crippen LogP contribution in [0.4, 0.5) is 10.1 Å². The Bertz CT molecular complexity index is 554. The van der Waals surface area contributed by atoms with Crippen LogP contribution in [0.1, 0.15) is 13.8 Å². The number of halogens is 2. The van der Waals surface area contributed by atoms with Crippen molar-refractivity contribution in [1.82, 2.24) is 5.32 Å². The largest absolute Gasteiger partial charge is 0.485 e. The third-order valence-corrected chi connectivity index (χ3v) is 3.09. The first kappa shape index (κ1) is 17.3. The molecule has 116 valence electrons. The Kier molecular flexibility index (Phi) is 6.03. The Labute approximate surface area is 128 Å². The van der Waals surface area contributed by atoms with Crippen LogP contribution in [-0.2, 0) is 4.79 Å². The van der Waals surface area contributed by atoms with Gasteiger partial charge in [0.1, 0.15) is 18.5 Å². The number of nitrogens with one attached hydrogen (secondary N) is 1. The number of nitrogens with zero attached hydrogens (tertiary/aromatic N) is 1. The quantitative estimate of drug-likeness (QED) is 0.566. The van der Waals surface area contributed by atoms with Crippen LogP contribution in [0.25, 0.3) is 0 Å². The van der Waals surface area contributed by atoms with E-state index >= 15 is 0 Å². The highest BCUT2D eigenvalue weighted by Gasteiger charge is 2.22. The van der Waals surface area contributed by atoms with Crippen molar-refractivity contribution in [3.8, 4) is 5.75 Å². The minimum absolute atomic E-state index is 0.0391. The van der Waals surface area contributed by atoms with E-state index in [4.69, 9.17) is 10.5 Å². The molecule has 1 unspecified atom stereocenters. The lowest BCUT2D eigenvalue weighted by Crippen LogP contribution is -2.48. The number of hydrogen-bond acceptors (Lipinski definition) is 5. The molecule has 1 aromatic rings. The summed E-state index contributed by atoms with van der Waals surface area (Å²) in [6.45, 7) is 3.37. The Hall–Kier alpha value is -1.74. The van der Waals surface area contributed by atoms with E-state index in [-0.39, 0.29) is 22.9 Å². The van der Waals surface area contributed by atoms with Gasteiger partial charge in [0.2, 0.25) is 5.91 Å². The predicted octanol–water partition coefficient (Wildman–Crippen LogP) is 1.73. The van der Waals surface area contributed by atoms with Gasteiger partial charge >= 0.3 is 5.69 Å². The van der Waals surface area contributed by atoms with E-state index in [0.717, 1.165) is 12.1 Å². The van der Waals surface area contributed by atoms with Crippen molar-refractivity contribution < 1.29 is 18.8 Å². The number of nitro groups is 1. The molecule has 1 amide bonds. The first-order valence-electron chi connectivity index (χ1n) is 6.04. The number of carbonyl (C=O) groups is 1. The van der Waals surface area contributed by atoms with Crippen LogP contribution in [0.5, 0.6) is 5.75 Å². The summed E-state index contributed by atoms with van der Waals surface area (Å²) in [4.78, 5) is 21.5. The smallest absolute Gasteiger partial charge is 0.312 e. The standard InChI is InChI=1S/C12H15BrFN3O4/c1-6(2)16-9(12(15)18)5-21-11-4-8(14)7(13)3-10(11)17(19)20/h3-4,6,9,16H,5H2,1-2H3,(H2,15,18). The number of nitrogens with two attached hydrogens (primary N) is 1. The van der Waals surface area contributed by atoms with E-state index in [1.807, 2.05) is 0 Å². The maximum absolute atomic E-state index is 13.5. The summed E-state index contributed by atoms with van der Waals surface area (Å²) in [7, 11) is 0. The molecular formula is C12H15BrFN3O4. The fourth-order valence-corrected chi connectivity index (χ4v) is 1.90. The highest BCUT2D eigenvalue weighted by Crippen LogP contribution is 2.32. The first-order chi connectivity index (χ1) is 9.72. The fourth-order valence-electron chi connectivity index (χ4n) is 1.56. The molecule has 7 nitrogen and oxygen atoms in total. The van der Waals surface area contributed by atoms with E-state index in [0.29, 0.717) is 0 Å². The molecule has 0 saturated carbocycles.